The standard InChI is InChI=1S/C20H21N5O2S/c1-12-8-17-23-24-19(25(17)16-9-14(27-3)6-7-15(12)16)28-10-18(26)22-20(2,11-21)13-4-5-13/h6-9,13H,4-5,10H2,1-3H3,(H,22,26)/t20-/m1/s1. The lowest BCUT2D eigenvalue weighted by atomic mass is 9.98. The summed E-state index contributed by atoms with van der Waals surface area (Å²) >= 11 is 1.31. The van der Waals surface area contributed by atoms with Crippen molar-refractivity contribution in [3.05, 3.63) is 29.8 Å². The second kappa shape index (κ2) is 6.99. The number of pyridine rings is 1. The van der Waals surface area contributed by atoms with Crippen LogP contribution in [-0.2, 0) is 4.79 Å². The highest BCUT2D eigenvalue weighted by Gasteiger charge is 2.42. The summed E-state index contributed by atoms with van der Waals surface area (Å²) in [6.07, 6.45) is 1.97. The summed E-state index contributed by atoms with van der Waals surface area (Å²) in [7, 11) is 1.63. The van der Waals surface area contributed by atoms with E-state index >= 15 is 0 Å². The van der Waals surface area contributed by atoms with Gasteiger partial charge in [0.25, 0.3) is 0 Å². The van der Waals surface area contributed by atoms with Crippen molar-refractivity contribution >= 4 is 34.2 Å². The van der Waals surface area contributed by atoms with Crippen molar-refractivity contribution in [1.82, 2.24) is 19.9 Å². The Labute approximate surface area is 167 Å². The van der Waals surface area contributed by atoms with Crippen molar-refractivity contribution in [1.29, 1.82) is 5.26 Å². The van der Waals surface area contributed by atoms with E-state index in [1.54, 1.807) is 14.0 Å². The average molecular weight is 395 g/mol. The van der Waals surface area contributed by atoms with Crippen molar-refractivity contribution in [2.45, 2.75) is 37.4 Å². The number of hydrogen-bond acceptors (Lipinski definition) is 6. The van der Waals surface area contributed by atoms with Gasteiger partial charge in [-0.15, -0.1) is 10.2 Å². The third kappa shape index (κ3) is 3.27. The number of ether oxygens (including phenoxy) is 1. The number of methoxy groups -OCH3 is 1. The summed E-state index contributed by atoms with van der Waals surface area (Å²) < 4.78 is 7.30. The molecule has 0 aliphatic heterocycles. The smallest absolute Gasteiger partial charge is 0.231 e. The van der Waals surface area contributed by atoms with E-state index in [-0.39, 0.29) is 17.6 Å². The molecule has 1 atom stereocenters. The zero-order chi connectivity index (χ0) is 19.9. The Morgan fingerprint density at radius 3 is 2.89 bits per heavy atom. The van der Waals surface area contributed by atoms with E-state index in [1.807, 2.05) is 35.6 Å². The quantitative estimate of drug-likeness (QED) is 0.645. The number of thioether (sulfide) groups is 1. The van der Waals surface area contributed by atoms with Crippen LogP contribution in [0.25, 0.3) is 16.6 Å². The molecule has 144 valence electrons. The zero-order valence-electron chi connectivity index (χ0n) is 16.0. The van der Waals surface area contributed by atoms with Gasteiger partial charge in [-0.05, 0) is 56.4 Å². The fraction of sp³-hybridized carbons (Fsp3) is 0.400. The van der Waals surface area contributed by atoms with Gasteiger partial charge in [-0.3, -0.25) is 9.20 Å². The fourth-order valence-electron chi connectivity index (χ4n) is 3.46. The van der Waals surface area contributed by atoms with Gasteiger partial charge in [0.1, 0.15) is 11.3 Å². The lowest BCUT2D eigenvalue weighted by Gasteiger charge is -2.22. The second-order valence-electron chi connectivity index (χ2n) is 7.31. The maximum atomic E-state index is 12.4. The number of amides is 1. The first-order valence-electron chi connectivity index (χ1n) is 9.13. The van der Waals surface area contributed by atoms with Crippen LogP contribution < -0.4 is 10.1 Å². The van der Waals surface area contributed by atoms with Gasteiger partial charge in [0.2, 0.25) is 5.91 Å². The van der Waals surface area contributed by atoms with Crippen LogP contribution in [0.1, 0.15) is 25.3 Å². The molecule has 0 saturated heterocycles. The molecule has 2 heterocycles. The molecular weight excluding hydrogens is 374 g/mol. The number of hydrogen-bond donors (Lipinski definition) is 1. The number of aromatic nitrogens is 3. The highest BCUT2D eigenvalue weighted by Crippen LogP contribution is 2.39. The van der Waals surface area contributed by atoms with Crippen LogP contribution in [0.3, 0.4) is 0 Å². The van der Waals surface area contributed by atoms with Gasteiger partial charge in [0.15, 0.2) is 10.8 Å². The molecule has 28 heavy (non-hydrogen) atoms. The van der Waals surface area contributed by atoms with E-state index in [9.17, 15) is 10.1 Å². The van der Waals surface area contributed by atoms with Crippen molar-refractivity contribution in [2.75, 3.05) is 12.9 Å². The van der Waals surface area contributed by atoms with E-state index < -0.39 is 5.54 Å². The lowest BCUT2D eigenvalue weighted by Crippen LogP contribution is -2.47. The number of fused-ring (bicyclic) bond motifs is 3. The van der Waals surface area contributed by atoms with Crippen LogP contribution in [0.4, 0.5) is 0 Å². The van der Waals surface area contributed by atoms with Crippen LogP contribution >= 0.6 is 11.8 Å². The minimum absolute atomic E-state index is 0.171. The second-order valence-corrected chi connectivity index (χ2v) is 8.25. The maximum absolute atomic E-state index is 12.4. The van der Waals surface area contributed by atoms with E-state index in [0.29, 0.717) is 5.16 Å². The molecule has 0 radical (unpaired) electrons. The number of nitrogens with zero attached hydrogens (tertiary/aromatic N) is 4. The number of rotatable bonds is 6. The molecule has 1 fully saturated rings. The Morgan fingerprint density at radius 1 is 1.43 bits per heavy atom. The predicted octanol–water partition coefficient (Wildman–Crippen LogP) is 3.10. The number of aryl methyl sites for hydroxylation is 1. The van der Waals surface area contributed by atoms with Gasteiger partial charge >= 0.3 is 0 Å². The molecule has 1 aliphatic rings. The first-order chi connectivity index (χ1) is 13.4. The van der Waals surface area contributed by atoms with Crippen LogP contribution in [0.5, 0.6) is 5.75 Å². The van der Waals surface area contributed by atoms with E-state index in [0.717, 1.165) is 40.7 Å². The molecule has 3 aromatic rings. The van der Waals surface area contributed by atoms with Gasteiger partial charge in [-0.2, -0.15) is 5.26 Å². The molecule has 0 unspecified atom stereocenters. The summed E-state index contributed by atoms with van der Waals surface area (Å²) in [5, 5.41) is 22.5. The Hall–Kier alpha value is -2.79. The monoisotopic (exact) mass is 395 g/mol. The van der Waals surface area contributed by atoms with Crippen molar-refractivity contribution < 1.29 is 9.53 Å². The molecule has 1 aromatic carbocycles. The molecule has 1 aliphatic carbocycles. The van der Waals surface area contributed by atoms with E-state index in [2.05, 4.69) is 21.6 Å². The maximum Gasteiger partial charge on any atom is 0.231 e. The summed E-state index contributed by atoms with van der Waals surface area (Å²) in [4.78, 5) is 12.4. The summed E-state index contributed by atoms with van der Waals surface area (Å²) in [6.45, 7) is 3.83. The van der Waals surface area contributed by atoms with E-state index in [1.165, 1.54) is 11.8 Å². The molecule has 8 heteroatoms. The Morgan fingerprint density at radius 2 is 2.21 bits per heavy atom. The van der Waals surface area contributed by atoms with Gasteiger partial charge in [-0.1, -0.05) is 11.8 Å². The van der Waals surface area contributed by atoms with Gasteiger partial charge in [0.05, 0.1) is 24.4 Å². The minimum atomic E-state index is -0.790. The number of carbonyl (C=O) groups excluding carboxylic acids is 1. The summed E-state index contributed by atoms with van der Waals surface area (Å²) in [6, 6.07) is 10.1. The summed E-state index contributed by atoms with van der Waals surface area (Å²) in [5.41, 5.74) is 1.96. The highest BCUT2D eigenvalue weighted by atomic mass is 32.2. The Kier molecular flexibility index (Phi) is 4.63. The average Bonchev–Trinajstić information content (AvgIpc) is 3.48. The fourth-order valence-corrected chi connectivity index (χ4v) is 4.21. The van der Waals surface area contributed by atoms with Gasteiger partial charge in [-0.25, -0.2) is 0 Å². The largest absolute Gasteiger partial charge is 0.497 e. The normalized spacial score (nSPS) is 15.9. The van der Waals surface area contributed by atoms with Crippen LogP contribution in [0, 0.1) is 24.2 Å². The van der Waals surface area contributed by atoms with Crippen LogP contribution in [0.15, 0.2) is 29.4 Å². The van der Waals surface area contributed by atoms with Crippen molar-refractivity contribution in [3.63, 3.8) is 0 Å². The van der Waals surface area contributed by atoms with Crippen molar-refractivity contribution in [2.24, 2.45) is 5.92 Å². The first-order valence-corrected chi connectivity index (χ1v) is 10.1. The molecule has 4 rings (SSSR count). The summed E-state index contributed by atoms with van der Waals surface area (Å²) in [5.74, 6) is 0.992. The molecule has 2 aromatic heterocycles. The number of nitrogens with one attached hydrogen (secondary N) is 1. The zero-order valence-corrected chi connectivity index (χ0v) is 16.8. The number of benzene rings is 1. The molecule has 0 bridgehead atoms. The Bertz CT molecular complexity index is 1120. The third-order valence-corrected chi connectivity index (χ3v) is 6.16. The van der Waals surface area contributed by atoms with Crippen molar-refractivity contribution in [3.8, 4) is 11.8 Å². The minimum Gasteiger partial charge on any atom is -0.497 e. The topological polar surface area (TPSA) is 92.3 Å². The molecular formula is C20H21N5O2S. The predicted molar refractivity (Wildman–Crippen MR) is 107 cm³/mol. The van der Waals surface area contributed by atoms with Crippen LogP contribution in [-0.4, -0.2) is 38.9 Å². The van der Waals surface area contributed by atoms with Gasteiger partial charge < -0.3 is 10.1 Å². The third-order valence-electron chi connectivity index (χ3n) is 5.23. The molecule has 7 nitrogen and oxygen atoms in total. The van der Waals surface area contributed by atoms with Gasteiger partial charge in [0, 0.05) is 11.5 Å². The SMILES string of the molecule is COc1ccc2c(C)cc3nnc(SCC(=O)N[C@](C)(C#N)C4CC4)n3c2c1. The lowest BCUT2D eigenvalue weighted by molar-refractivity contribution is -0.119. The van der Waals surface area contributed by atoms with Crippen LogP contribution in [0.2, 0.25) is 0 Å². The molecule has 1 saturated carbocycles. The highest BCUT2D eigenvalue weighted by molar-refractivity contribution is 7.99. The van der Waals surface area contributed by atoms with E-state index in [4.69, 9.17) is 4.74 Å². The number of carbonyl (C=O) groups is 1. The first kappa shape index (κ1) is 18.6. The molecule has 1 amide bonds. The molecule has 1 N–H and O–H groups in total. The number of nitriles is 1. The Balaban J connectivity index is 1.61. The molecule has 0 spiro atoms.